The van der Waals surface area contributed by atoms with E-state index in [1.54, 1.807) is 0 Å². The number of piperidine rings is 1. The molecule has 0 aromatic heterocycles. The maximum Gasteiger partial charge on any atom is 0.313 e. The molecule has 2 unspecified atom stereocenters. The molecule has 2 atom stereocenters. The van der Waals surface area contributed by atoms with Gasteiger partial charge in [0.25, 0.3) is 0 Å². The summed E-state index contributed by atoms with van der Waals surface area (Å²) in [5.41, 5.74) is 1.08. The van der Waals surface area contributed by atoms with Gasteiger partial charge in [-0.3, -0.25) is 4.79 Å². The molecule has 0 amide bonds. The maximum atomic E-state index is 12.6. The first kappa shape index (κ1) is 19.0. The molecule has 0 bridgehead atoms. The predicted molar refractivity (Wildman–Crippen MR) is 98.9 cm³/mol. The van der Waals surface area contributed by atoms with E-state index in [4.69, 9.17) is 4.74 Å². The van der Waals surface area contributed by atoms with Crippen molar-refractivity contribution in [2.75, 3.05) is 33.3 Å². The van der Waals surface area contributed by atoms with E-state index < -0.39 is 0 Å². The Kier molecular flexibility index (Phi) is 7.29. The van der Waals surface area contributed by atoms with Gasteiger partial charge in [-0.1, -0.05) is 50.6 Å². The lowest BCUT2D eigenvalue weighted by molar-refractivity contribution is -0.914. The number of carbonyl (C=O) groups excluding carboxylic acids is 1. The molecule has 1 aromatic rings. The Balaban J connectivity index is 1.84. The third kappa shape index (κ3) is 5.34. The normalized spacial score (nSPS) is 19.5. The summed E-state index contributed by atoms with van der Waals surface area (Å²) in [4.78, 5) is 12.6. The molecule has 134 valence electrons. The highest BCUT2D eigenvalue weighted by molar-refractivity contribution is 5.78. The van der Waals surface area contributed by atoms with E-state index in [9.17, 15) is 4.79 Å². The van der Waals surface area contributed by atoms with Crippen molar-refractivity contribution in [2.45, 2.75) is 51.9 Å². The van der Waals surface area contributed by atoms with Crippen LogP contribution in [0.15, 0.2) is 30.3 Å². The Hall–Kier alpha value is -1.35. The largest absolute Gasteiger partial charge is 0.465 e. The fourth-order valence-electron chi connectivity index (χ4n) is 3.80. The lowest BCUT2D eigenvalue weighted by atomic mass is 9.86. The highest BCUT2D eigenvalue weighted by Crippen LogP contribution is 2.28. The number of hydrogen-bond donors (Lipinski definition) is 0. The molecular weight excluding hydrogens is 298 g/mol. The van der Waals surface area contributed by atoms with Gasteiger partial charge in [-0.15, -0.1) is 0 Å². The van der Waals surface area contributed by atoms with E-state index in [2.05, 4.69) is 20.9 Å². The Morgan fingerprint density at radius 3 is 2.46 bits per heavy atom. The first-order valence-electron chi connectivity index (χ1n) is 9.61. The van der Waals surface area contributed by atoms with Gasteiger partial charge in [0.15, 0.2) is 0 Å². The molecule has 1 aliphatic heterocycles. The van der Waals surface area contributed by atoms with Crippen LogP contribution in [0, 0.1) is 5.92 Å². The number of nitrogens with zero attached hydrogens (tertiary/aromatic N) is 1. The second-order valence-electron chi connectivity index (χ2n) is 7.65. The fourth-order valence-corrected chi connectivity index (χ4v) is 3.80. The van der Waals surface area contributed by atoms with Crippen molar-refractivity contribution in [3.8, 4) is 0 Å². The second kappa shape index (κ2) is 9.22. The van der Waals surface area contributed by atoms with E-state index in [1.165, 1.54) is 32.4 Å². The number of hydrogen-bond acceptors (Lipinski definition) is 2. The van der Waals surface area contributed by atoms with Crippen molar-refractivity contribution in [3.63, 3.8) is 0 Å². The quantitative estimate of drug-likeness (QED) is 0.401. The van der Waals surface area contributed by atoms with E-state index in [0.29, 0.717) is 12.5 Å². The summed E-state index contributed by atoms with van der Waals surface area (Å²) >= 11 is 0. The molecule has 0 radical (unpaired) electrons. The molecule has 3 heteroatoms. The molecule has 1 heterocycles. The first-order valence-corrected chi connectivity index (χ1v) is 9.61. The van der Waals surface area contributed by atoms with Crippen LogP contribution in [0.4, 0.5) is 0 Å². The summed E-state index contributed by atoms with van der Waals surface area (Å²) in [5, 5.41) is 0. The topological polar surface area (TPSA) is 26.3 Å². The minimum atomic E-state index is -0.143. The molecular formula is C21H34NO2+. The molecule has 1 saturated heterocycles. The van der Waals surface area contributed by atoms with Crippen molar-refractivity contribution < 1.29 is 14.0 Å². The van der Waals surface area contributed by atoms with Crippen molar-refractivity contribution in [2.24, 2.45) is 5.92 Å². The molecule has 0 N–H and O–H groups in total. The van der Waals surface area contributed by atoms with Crippen LogP contribution < -0.4 is 0 Å². The molecule has 1 fully saturated rings. The standard InChI is InChI=1S/C21H34NO2/c1-4-18(2)20(19-12-7-5-8-13-19)21(23)24-17-11-16-22(3)14-9-6-10-15-22/h5,7-8,12-13,18,20H,4,6,9-11,14-17H2,1-3H3/q+1. The van der Waals surface area contributed by atoms with Gasteiger partial charge < -0.3 is 9.22 Å². The minimum absolute atomic E-state index is 0.0585. The predicted octanol–water partition coefficient (Wildman–Crippen LogP) is 4.38. The van der Waals surface area contributed by atoms with Gasteiger partial charge in [0.1, 0.15) is 0 Å². The van der Waals surface area contributed by atoms with E-state index in [-0.39, 0.29) is 11.9 Å². The third-order valence-electron chi connectivity index (χ3n) is 5.61. The van der Waals surface area contributed by atoms with Crippen molar-refractivity contribution in [3.05, 3.63) is 35.9 Å². The highest BCUT2D eigenvalue weighted by Gasteiger charge is 2.28. The third-order valence-corrected chi connectivity index (χ3v) is 5.61. The molecule has 0 saturated carbocycles. The van der Waals surface area contributed by atoms with Gasteiger partial charge in [-0.2, -0.15) is 0 Å². The second-order valence-corrected chi connectivity index (χ2v) is 7.65. The Morgan fingerprint density at radius 1 is 1.17 bits per heavy atom. The van der Waals surface area contributed by atoms with Crippen molar-refractivity contribution in [1.29, 1.82) is 0 Å². The van der Waals surface area contributed by atoms with Gasteiger partial charge in [0.05, 0.1) is 39.2 Å². The fraction of sp³-hybridized carbons (Fsp3) is 0.667. The molecule has 0 spiro atoms. The highest BCUT2D eigenvalue weighted by atomic mass is 16.5. The number of carbonyl (C=O) groups is 1. The summed E-state index contributed by atoms with van der Waals surface area (Å²) in [6.07, 6.45) is 5.98. The van der Waals surface area contributed by atoms with Crippen LogP contribution in [0.1, 0.15) is 57.4 Å². The van der Waals surface area contributed by atoms with Gasteiger partial charge in [-0.25, -0.2) is 0 Å². The Bertz CT molecular complexity index is 494. The van der Waals surface area contributed by atoms with Crippen molar-refractivity contribution >= 4 is 5.97 Å². The van der Waals surface area contributed by atoms with Gasteiger partial charge >= 0.3 is 5.97 Å². The molecule has 0 aliphatic carbocycles. The number of quaternary nitrogens is 1. The van der Waals surface area contributed by atoms with Crippen molar-refractivity contribution in [1.82, 2.24) is 0 Å². The average molecular weight is 333 g/mol. The smallest absolute Gasteiger partial charge is 0.313 e. The van der Waals surface area contributed by atoms with E-state index >= 15 is 0 Å². The van der Waals surface area contributed by atoms with E-state index in [1.807, 2.05) is 30.3 Å². The lowest BCUT2D eigenvalue weighted by Crippen LogP contribution is -2.48. The van der Waals surface area contributed by atoms with Crippen LogP contribution in [0.2, 0.25) is 0 Å². The molecule has 2 rings (SSSR count). The zero-order valence-corrected chi connectivity index (χ0v) is 15.7. The van der Waals surface area contributed by atoms with Crippen LogP contribution in [-0.2, 0) is 9.53 Å². The zero-order valence-electron chi connectivity index (χ0n) is 15.7. The molecule has 1 aromatic carbocycles. The van der Waals surface area contributed by atoms with Crippen LogP contribution in [0.3, 0.4) is 0 Å². The van der Waals surface area contributed by atoms with Crippen LogP contribution in [0.5, 0.6) is 0 Å². The first-order chi connectivity index (χ1) is 11.6. The molecule has 24 heavy (non-hydrogen) atoms. The van der Waals surface area contributed by atoms with Gasteiger partial charge in [-0.05, 0) is 30.7 Å². The number of benzene rings is 1. The summed E-state index contributed by atoms with van der Waals surface area (Å²) < 4.78 is 6.81. The monoisotopic (exact) mass is 332 g/mol. The Labute approximate surface area is 147 Å². The molecule has 3 nitrogen and oxygen atoms in total. The number of esters is 1. The van der Waals surface area contributed by atoms with E-state index in [0.717, 1.165) is 29.4 Å². The average Bonchev–Trinajstić information content (AvgIpc) is 2.60. The number of ether oxygens (including phenoxy) is 1. The lowest BCUT2D eigenvalue weighted by Gasteiger charge is -2.37. The SMILES string of the molecule is CCC(C)C(C(=O)OCCC[N+]1(C)CCCCC1)c1ccccc1. The zero-order chi connectivity index (χ0) is 17.4. The summed E-state index contributed by atoms with van der Waals surface area (Å²) in [6, 6.07) is 10.1. The summed E-state index contributed by atoms with van der Waals surface area (Å²) in [5.74, 6) is 0.0966. The van der Waals surface area contributed by atoms with Crippen LogP contribution >= 0.6 is 0 Å². The van der Waals surface area contributed by atoms with Gasteiger partial charge in [0.2, 0.25) is 0 Å². The van der Waals surface area contributed by atoms with Crippen LogP contribution in [0.25, 0.3) is 0 Å². The van der Waals surface area contributed by atoms with Crippen LogP contribution in [-0.4, -0.2) is 43.7 Å². The molecule has 1 aliphatic rings. The van der Waals surface area contributed by atoms with Gasteiger partial charge in [0, 0.05) is 6.42 Å². The minimum Gasteiger partial charge on any atom is -0.465 e. The maximum absolute atomic E-state index is 12.6. The summed E-state index contributed by atoms with van der Waals surface area (Å²) in [7, 11) is 2.34. The Morgan fingerprint density at radius 2 is 1.83 bits per heavy atom. The summed E-state index contributed by atoms with van der Waals surface area (Å²) in [6.45, 7) is 8.48. The number of rotatable bonds is 8. The number of likely N-dealkylation sites (tertiary alicyclic amines) is 1.